The van der Waals surface area contributed by atoms with E-state index in [1.54, 1.807) is 13.2 Å². The third-order valence-electron chi connectivity index (χ3n) is 5.08. The van der Waals surface area contributed by atoms with Crippen molar-refractivity contribution in [3.05, 3.63) is 47.2 Å². The van der Waals surface area contributed by atoms with Gasteiger partial charge >= 0.3 is 13.1 Å². The Morgan fingerprint density at radius 1 is 1.38 bits per heavy atom. The summed E-state index contributed by atoms with van der Waals surface area (Å²) in [5.41, 5.74) is 3.95. The Hall–Kier alpha value is -2.63. The Balaban J connectivity index is 1.65. The third-order valence-corrected chi connectivity index (χ3v) is 6.36. The number of anilines is 1. The maximum Gasteiger partial charge on any atom is 0.491 e. The first-order valence-electron chi connectivity index (χ1n) is 9.37. The fourth-order valence-corrected chi connectivity index (χ4v) is 4.66. The molecular weight excluding hydrogens is 393 g/mol. The number of carbonyl (C=O) groups excluding carboxylic acids is 1. The molecule has 4 rings (SSSR count). The number of benzene rings is 1. The smallest absolute Gasteiger partial charge is 0.423 e. The molecule has 1 aliphatic heterocycles. The van der Waals surface area contributed by atoms with E-state index in [9.17, 15) is 14.0 Å². The molecule has 4 N–H and O–H groups in total. The number of hydrogen-bond acceptors (Lipinski definition) is 6. The molecule has 2 amide bonds. The lowest BCUT2D eigenvalue weighted by molar-refractivity contribution is 0.256. The number of aryl methyl sites for hydroxylation is 2. The second-order valence-electron chi connectivity index (χ2n) is 7.09. The molecule has 2 heterocycles. The summed E-state index contributed by atoms with van der Waals surface area (Å²) in [7, 11) is -3.03. The molecule has 2 aromatic rings. The van der Waals surface area contributed by atoms with Crippen LogP contribution in [0.4, 0.5) is 10.5 Å². The van der Waals surface area contributed by atoms with Crippen LogP contribution in [0.25, 0.3) is 5.47 Å². The lowest BCUT2D eigenvalue weighted by atomic mass is 9.71. The monoisotopic (exact) mass is 415 g/mol. The summed E-state index contributed by atoms with van der Waals surface area (Å²) in [6, 6.07) is 4.54. The highest BCUT2D eigenvalue weighted by Gasteiger charge is 2.29. The van der Waals surface area contributed by atoms with Gasteiger partial charge in [0.25, 0.3) is 0 Å². The van der Waals surface area contributed by atoms with Crippen molar-refractivity contribution >= 4 is 34.2 Å². The van der Waals surface area contributed by atoms with E-state index >= 15 is 0 Å². The van der Waals surface area contributed by atoms with Crippen LogP contribution in [-0.2, 0) is 34.5 Å². The van der Waals surface area contributed by atoms with Crippen molar-refractivity contribution in [2.24, 2.45) is 7.05 Å². The zero-order chi connectivity index (χ0) is 20.6. The van der Waals surface area contributed by atoms with E-state index in [0.29, 0.717) is 29.8 Å². The van der Waals surface area contributed by atoms with E-state index in [-0.39, 0.29) is 5.03 Å². The predicted molar refractivity (Wildman–Crippen MR) is 109 cm³/mol. The molecule has 1 unspecified atom stereocenters. The molecule has 152 valence electrons. The van der Waals surface area contributed by atoms with Gasteiger partial charge in [0.1, 0.15) is 0 Å². The molecule has 1 atom stereocenters. The van der Waals surface area contributed by atoms with Crippen molar-refractivity contribution in [3.63, 3.8) is 0 Å². The van der Waals surface area contributed by atoms with Crippen molar-refractivity contribution < 1.29 is 18.7 Å². The molecule has 0 bridgehead atoms. The number of hydrogen-bond donors (Lipinski definition) is 4. The molecule has 0 saturated carbocycles. The standard InChI is InChI=1S/C18H22BN5O4S/c1-24-10-9-16(22-24)29(20,27)23-18(25)21-17-13-5-2-4-12(13)7-8-14(17)15-6-3-11-28-19(15)26/h6-10,26H,2-5,11H2,1H3,(H3,20,21,23,25,27). The summed E-state index contributed by atoms with van der Waals surface area (Å²) < 4.78 is 29.6. The van der Waals surface area contributed by atoms with Crippen molar-refractivity contribution in [3.8, 4) is 0 Å². The van der Waals surface area contributed by atoms with Gasteiger partial charge in [-0.3, -0.25) is 4.68 Å². The van der Waals surface area contributed by atoms with Crippen LogP contribution in [0.5, 0.6) is 0 Å². The summed E-state index contributed by atoms with van der Waals surface area (Å²) in [5.74, 6) is 0. The quantitative estimate of drug-likeness (QED) is 0.567. The molecule has 2 aliphatic rings. The number of amides is 2. The van der Waals surface area contributed by atoms with E-state index in [4.69, 9.17) is 9.43 Å². The lowest BCUT2D eigenvalue weighted by Gasteiger charge is -2.22. The number of aromatic nitrogens is 2. The number of rotatable bonds is 4. The van der Waals surface area contributed by atoms with Gasteiger partial charge in [0.2, 0.25) is 0 Å². The Morgan fingerprint density at radius 3 is 2.93 bits per heavy atom. The number of nitrogens with one attached hydrogen (secondary N) is 3. The summed E-state index contributed by atoms with van der Waals surface area (Å²) in [5, 5.41) is 17.0. The van der Waals surface area contributed by atoms with Crippen LogP contribution in [-0.4, -0.2) is 38.8 Å². The highest BCUT2D eigenvalue weighted by molar-refractivity contribution is 7.91. The minimum atomic E-state index is -3.60. The van der Waals surface area contributed by atoms with Gasteiger partial charge in [-0.15, -0.1) is 0 Å². The summed E-state index contributed by atoms with van der Waals surface area (Å²) in [4.78, 5) is 12.7. The maximum absolute atomic E-state index is 12.7. The molecule has 9 nitrogen and oxygen atoms in total. The van der Waals surface area contributed by atoms with Crippen molar-refractivity contribution in [1.29, 1.82) is 4.78 Å². The van der Waals surface area contributed by atoms with Crippen LogP contribution in [0.15, 0.2) is 35.5 Å². The molecule has 0 radical (unpaired) electrons. The maximum atomic E-state index is 12.7. The summed E-state index contributed by atoms with van der Waals surface area (Å²) >= 11 is 0. The van der Waals surface area contributed by atoms with Crippen molar-refractivity contribution in [1.82, 2.24) is 14.5 Å². The molecule has 0 fully saturated rings. The van der Waals surface area contributed by atoms with E-state index in [1.807, 2.05) is 18.2 Å². The second-order valence-corrected chi connectivity index (χ2v) is 8.83. The van der Waals surface area contributed by atoms with Gasteiger partial charge in [0, 0.05) is 19.9 Å². The molecule has 11 heteroatoms. The average Bonchev–Trinajstić information content (AvgIpc) is 3.31. The third kappa shape index (κ3) is 3.93. The number of fused-ring (bicyclic) bond motifs is 1. The molecule has 1 aromatic heterocycles. The van der Waals surface area contributed by atoms with E-state index in [0.717, 1.165) is 30.4 Å². The Morgan fingerprint density at radius 2 is 2.21 bits per heavy atom. The zero-order valence-electron chi connectivity index (χ0n) is 16.0. The first kappa shape index (κ1) is 19.7. The van der Waals surface area contributed by atoms with Gasteiger partial charge in [-0.25, -0.2) is 18.5 Å². The van der Waals surface area contributed by atoms with Gasteiger partial charge < -0.3 is 15.0 Å². The fraction of sp³-hybridized carbons (Fsp3) is 0.333. The van der Waals surface area contributed by atoms with Crippen LogP contribution in [0.3, 0.4) is 0 Å². The van der Waals surface area contributed by atoms with E-state index < -0.39 is 23.1 Å². The first-order valence-corrected chi connectivity index (χ1v) is 10.9. The average molecular weight is 415 g/mol. The summed E-state index contributed by atoms with van der Waals surface area (Å²) in [6.45, 7) is 0.434. The fourth-order valence-electron chi connectivity index (χ4n) is 3.75. The van der Waals surface area contributed by atoms with Crippen LogP contribution < -0.4 is 10.0 Å². The number of urea groups is 1. The molecule has 1 aliphatic carbocycles. The Labute approximate surface area is 169 Å². The van der Waals surface area contributed by atoms with Gasteiger partial charge in [-0.2, -0.15) is 5.10 Å². The molecule has 0 spiro atoms. The Kier molecular flexibility index (Phi) is 5.20. The first-order chi connectivity index (χ1) is 13.8. The number of carbonyl (C=O) groups is 1. The van der Waals surface area contributed by atoms with Crippen LogP contribution >= 0.6 is 0 Å². The van der Waals surface area contributed by atoms with Crippen LogP contribution in [0, 0.1) is 4.78 Å². The van der Waals surface area contributed by atoms with Gasteiger partial charge in [0.05, 0.1) is 5.69 Å². The van der Waals surface area contributed by atoms with E-state index in [2.05, 4.69) is 15.1 Å². The topological polar surface area (TPSA) is 129 Å². The normalized spacial score (nSPS) is 18.0. The Bertz CT molecular complexity index is 1100. The minimum Gasteiger partial charge on any atom is -0.423 e. The highest BCUT2D eigenvalue weighted by Crippen LogP contribution is 2.37. The van der Waals surface area contributed by atoms with Gasteiger partial charge in [0.15, 0.2) is 14.9 Å². The largest absolute Gasteiger partial charge is 0.491 e. The van der Waals surface area contributed by atoms with Gasteiger partial charge in [-0.05, 0) is 53.9 Å². The molecule has 1 aromatic carbocycles. The van der Waals surface area contributed by atoms with Crippen molar-refractivity contribution in [2.45, 2.75) is 30.7 Å². The van der Waals surface area contributed by atoms with Crippen LogP contribution in [0.2, 0.25) is 0 Å². The van der Waals surface area contributed by atoms with Crippen LogP contribution in [0.1, 0.15) is 29.5 Å². The predicted octanol–water partition coefficient (Wildman–Crippen LogP) is 1.87. The number of nitrogens with zero attached hydrogens (tertiary/aromatic N) is 2. The minimum absolute atomic E-state index is 0.0209. The molecule has 29 heavy (non-hydrogen) atoms. The SMILES string of the molecule is Cn1ccc(S(=N)(=O)NC(=O)Nc2c(C3=CCCOB3O)ccc3c2CCC3)n1. The second kappa shape index (κ2) is 7.66. The molecule has 0 saturated heterocycles. The van der Waals surface area contributed by atoms with Crippen molar-refractivity contribution in [2.75, 3.05) is 11.9 Å². The highest BCUT2D eigenvalue weighted by atomic mass is 32.2. The lowest BCUT2D eigenvalue weighted by Crippen LogP contribution is -2.35. The van der Waals surface area contributed by atoms with Gasteiger partial charge in [-0.1, -0.05) is 18.2 Å². The zero-order valence-corrected chi connectivity index (χ0v) is 16.8. The van der Waals surface area contributed by atoms with E-state index in [1.165, 1.54) is 10.7 Å². The molecular formula is C18H22BN5O4S. The summed E-state index contributed by atoms with van der Waals surface area (Å²) in [6.07, 6.45) is 6.79.